The molecule has 0 aromatic heterocycles. The van der Waals surface area contributed by atoms with Crippen molar-refractivity contribution in [3.05, 3.63) is 64.2 Å². The number of primary amides is 1. The van der Waals surface area contributed by atoms with Crippen molar-refractivity contribution in [3.8, 4) is 0 Å². The Morgan fingerprint density at radius 2 is 1.85 bits per heavy atom. The number of benzene rings is 2. The van der Waals surface area contributed by atoms with E-state index in [0.717, 1.165) is 5.56 Å². The highest BCUT2D eigenvalue weighted by atomic mass is 35.5. The Balaban J connectivity index is 1.56. The molecule has 4 N–H and O–H groups in total. The largest absolute Gasteiger partial charge is 0.370 e. The molecule has 170 valence electrons. The first-order valence-corrected chi connectivity index (χ1v) is 11.2. The third-order valence-corrected chi connectivity index (χ3v) is 7.47. The number of amides is 4. The summed E-state index contributed by atoms with van der Waals surface area (Å²) in [6, 6.07) is 12.2. The molecular formula is C24H23ClN4O4. The number of nitrogens with one attached hydrogen (secondary N) is 2. The third kappa shape index (κ3) is 3.08. The van der Waals surface area contributed by atoms with E-state index >= 15 is 0 Å². The number of halogens is 1. The van der Waals surface area contributed by atoms with Crippen LogP contribution in [0.2, 0.25) is 5.02 Å². The molecule has 2 fully saturated rings. The first-order valence-electron chi connectivity index (χ1n) is 10.8. The molecule has 0 bridgehead atoms. The summed E-state index contributed by atoms with van der Waals surface area (Å²) in [6.07, 6.45) is 0.333. The van der Waals surface area contributed by atoms with Gasteiger partial charge in [-0.2, -0.15) is 0 Å². The second kappa shape index (κ2) is 7.67. The van der Waals surface area contributed by atoms with E-state index < -0.39 is 41.1 Å². The van der Waals surface area contributed by atoms with Crippen molar-refractivity contribution in [1.29, 1.82) is 0 Å². The summed E-state index contributed by atoms with van der Waals surface area (Å²) in [5.41, 5.74) is 6.74. The molecule has 4 atom stereocenters. The van der Waals surface area contributed by atoms with E-state index in [0.29, 0.717) is 28.3 Å². The van der Waals surface area contributed by atoms with Crippen LogP contribution < -0.4 is 16.4 Å². The molecule has 9 heteroatoms. The van der Waals surface area contributed by atoms with Crippen molar-refractivity contribution in [3.63, 3.8) is 0 Å². The fourth-order valence-electron chi connectivity index (χ4n) is 5.55. The monoisotopic (exact) mass is 466 g/mol. The number of carbonyl (C=O) groups excluding carboxylic acids is 4. The summed E-state index contributed by atoms with van der Waals surface area (Å²) >= 11 is 6.26. The summed E-state index contributed by atoms with van der Waals surface area (Å²) in [5.74, 6) is -3.70. The molecule has 2 aromatic rings. The molecule has 0 saturated carbocycles. The zero-order chi connectivity index (χ0) is 23.5. The molecule has 3 aliphatic rings. The van der Waals surface area contributed by atoms with Gasteiger partial charge in [0.05, 0.1) is 17.5 Å². The molecule has 0 radical (unpaired) electrons. The van der Waals surface area contributed by atoms with E-state index in [1.54, 1.807) is 19.1 Å². The quantitative estimate of drug-likeness (QED) is 0.576. The SMILES string of the molecule is Cc1c(Cl)ccc2c1NC(=O)C21NC(CC(N)=O)C2C(=O)N(CCc3ccccc3)C(=O)C21. The number of fused-ring (bicyclic) bond motifs is 4. The smallest absolute Gasteiger partial charge is 0.250 e. The van der Waals surface area contributed by atoms with E-state index in [-0.39, 0.29) is 18.9 Å². The Hall–Kier alpha value is -3.23. The van der Waals surface area contributed by atoms with Crippen molar-refractivity contribution in [2.75, 3.05) is 11.9 Å². The number of carbonyl (C=O) groups is 4. The number of rotatable bonds is 5. The molecule has 5 rings (SSSR count). The van der Waals surface area contributed by atoms with Gasteiger partial charge < -0.3 is 11.1 Å². The molecule has 4 amide bonds. The Morgan fingerprint density at radius 1 is 1.12 bits per heavy atom. The second-order valence-electron chi connectivity index (χ2n) is 8.85. The van der Waals surface area contributed by atoms with Crippen LogP contribution in [0.1, 0.15) is 23.1 Å². The molecule has 2 aromatic carbocycles. The minimum absolute atomic E-state index is 0.163. The molecule has 2 saturated heterocycles. The molecule has 3 heterocycles. The average molecular weight is 467 g/mol. The van der Waals surface area contributed by atoms with Crippen LogP contribution in [0, 0.1) is 18.8 Å². The Morgan fingerprint density at radius 3 is 2.55 bits per heavy atom. The van der Waals surface area contributed by atoms with Gasteiger partial charge in [-0.05, 0) is 30.5 Å². The Kier molecular flexibility index (Phi) is 5.02. The predicted octanol–water partition coefficient (Wildman–Crippen LogP) is 1.49. The van der Waals surface area contributed by atoms with E-state index in [1.807, 2.05) is 30.3 Å². The first-order chi connectivity index (χ1) is 15.8. The van der Waals surface area contributed by atoms with Gasteiger partial charge in [0.25, 0.3) is 0 Å². The maximum absolute atomic E-state index is 13.7. The fourth-order valence-corrected chi connectivity index (χ4v) is 5.70. The molecule has 1 spiro atoms. The molecular weight excluding hydrogens is 444 g/mol. The van der Waals surface area contributed by atoms with Gasteiger partial charge >= 0.3 is 0 Å². The molecule has 0 aliphatic carbocycles. The van der Waals surface area contributed by atoms with Crippen LogP contribution in [0.15, 0.2) is 42.5 Å². The van der Waals surface area contributed by atoms with E-state index in [4.69, 9.17) is 17.3 Å². The van der Waals surface area contributed by atoms with Crippen LogP contribution in [0.25, 0.3) is 0 Å². The van der Waals surface area contributed by atoms with Gasteiger partial charge in [0.15, 0.2) is 0 Å². The summed E-state index contributed by atoms with van der Waals surface area (Å²) in [4.78, 5) is 53.6. The van der Waals surface area contributed by atoms with Crippen LogP contribution in [-0.4, -0.2) is 41.1 Å². The highest BCUT2D eigenvalue weighted by Gasteiger charge is 2.70. The van der Waals surface area contributed by atoms with Gasteiger partial charge in [-0.1, -0.05) is 48.0 Å². The van der Waals surface area contributed by atoms with Gasteiger partial charge in [0.1, 0.15) is 5.54 Å². The van der Waals surface area contributed by atoms with Crippen LogP contribution in [-0.2, 0) is 31.1 Å². The van der Waals surface area contributed by atoms with Gasteiger partial charge in [-0.25, -0.2) is 0 Å². The van der Waals surface area contributed by atoms with Crippen LogP contribution in [0.5, 0.6) is 0 Å². The predicted molar refractivity (Wildman–Crippen MR) is 121 cm³/mol. The zero-order valence-electron chi connectivity index (χ0n) is 17.9. The number of nitrogens with two attached hydrogens (primary N) is 1. The molecule has 3 aliphatic heterocycles. The third-order valence-electron chi connectivity index (χ3n) is 7.06. The summed E-state index contributed by atoms with van der Waals surface area (Å²) in [5, 5.41) is 6.51. The topological polar surface area (TPSA) is 122 Å². The maximum atomic E-state index is 13.7. The zero-order valence-corrected chi connectivity index (χ0v) is 18.7. The van der Waals surface area contributed by atoms with Crippen LogP contribution in [0.4, 0.5) is 5.69 Å². The van der Waals surface area contributed by atoms with Crippen molar-refractivity contribution in [2.24, 2.45) is 17.6 Å². The Bertz CT molecular complexity index is 1200. The lowest BCUT2D eigenvalue weighted by Crippen LogP contribution is -2.53. The van der Waals surface area contributed by atoms with Gasteiger partial charge in [0.2, 0.25) is 23.6 Å². The lowest BCUT2D eigenvalue weighted by atomic mass is 9.76. The lowest BCUT2D eigenvalue weighted by molar-refractivity contribution is -0.142. The van der Waals surface area contributed by atoms with Gasteiger partial charge in [-0.3, -0.25) is 29.4 Å². The summed E-state index contributed by atoms with van der Waals surface area (Å²) in [7, 11) is 0. The maximum Gasteiger partial charge on any atom is 0.250 e. The minimum Gasteiger partial charge on any atom is -0.370 e. The van der Waals surface area contributed by atoms with E-state index in [2.05, 4.69) is 10.6 Å². The van der Waals surface area contributed by atoms with E-state index in [1.165, 1.54) is 4.90 Å². The van der Waals surface area contributed by atoms with Crippen molar-refractivity contribution >= 4 is 40.9 Å². The second-order valence-corrected chi connectivity index (χ2v) is 9.25. The van der Waals surface area contributed by atoms with Crippen molar-refractivity contribution in [2.45, 2.75) is 31.3 Å². The minimum atomic E-state index is -1.47. The number of nitrogens with zero attached hydrogens (tertiary/aromatic N) is 1. The normalized spacial score (nSPS) is 27.8. The van der Waals surface area contributed by atoms with Crippen molar-refractivity contribution in [1.82, 2.24) is 10.2 Å². The van der Waals surface area contributed by atoms with Crippen LogP contribution in [0.3, 0.4) is 0 Å². The fraction of sp³-hybridized carbons (Fsp3) is 0.333. The average Bonchev–Trinajstić information content (AvgIpc) is 3.35. The number of hydrogen-bond donors (Lipinski definition) is 3. The van der Waals surface area contributed by atoms with Gasteiger partial charge in [-0.15, -0.1) is 0 Å². The summed E-state index contributed by atoms with van der Waals surface area (Å²) < 4.78 is 0. The Labute approximate surface area is 195 Å². The standard InChI is InChI=1S/C24H23ClN4O4/c1-12-15(25)8-7-14-20(12)27-23(33)24(14)19-18(16(28-24)11-17(26)30)21(31)29(22(19)32)10-9-13-5-3-2-4-6-13/h2-8,16,18-19,28H,9-11H2,1H3,(H2,26,30)(H,27,33). The number of hydrogen-bond acceptors (Lipinski definition) is 5. The molecule has 8 nitrogen and oxygen atoms in total. The molecule has 33 heavy (non-hydrogen) atoms. The van der Waals surface area contributed by atoms with Crippen molar-refractivity contribution < 1.29 is 19.2 Å². The number of anilines is 1. The van der Waals surface area contributed by atoms with Crippen LogP contribution >= 0.6 is 11.6 Å². The number of imide groups is 1. The van der Waals surface area contributed by atoms with Gasteiger partial charge in [0, 0.05) is 29.6 Å². The first kappa shape index (κ1) is 21.6. The lowest BCUT2D eigenvalue weighted by Gasteiger charge is -2.29. The van der Waals surface area contributed by atoms with E-state index in [9.17, 15) is 19.2 Å². The highest BCUT2D eigenvalue weighted by Crippen LogP contribution is 2.54. The highest BCUT2D eigenvalue weighted by molar-refractivity contribution is 6.32. The molecule has 4 unspecified atom stereocenters. The number of likely N-dealkylation sites (tertiary alicyclic amines) is 1. The summed E-state index contributed by atoms with van der Waals surface area (Å²) in [6.45, 7) is 1.98.